The van der Waals surface area contributed by atoms with Crippen molar-refractivity contribution in [2.45, 2.75) is 24.7 Å². The van der Waals surface area contributed by atoms with Gasteiger partial charge in [0.15, 0.2) is 9.84 Å². The van der Waals surface area contributed by atoms with Crippen molar-refractivity contribution in [3.8, 4) is 0 Å². The predicted molar refractivity (Wildman–Crippen MR) is 104 cm³/mol. The minimum absolute atomic E-state index is 0.0933. The summed E-state index contributed by atoms with van der Waals surface area (Å²) in [7, 11) is -3.35. The van der Waals surface area contributed by atoms with E-state index in [1.54, 1.807) is 17.0 Å². The molecule has 1 heterocycles. The van der Waals surface area contributed by atoms with Crippen LogP contribution in [0.4, 0.5) is 11.4 Å². The van der Waals surface area contributed by atoms with Crippen LogP contribution in [0, 0.1) is 5.92 Å². The van der Waals surface area contributed by atoms with Crippen molar-refractivity contribution >= 4 is 33.0 Å². The van der Waals surface area contributed by atoms with Crippen LogP contribution >= 0.6 is 0 Å². The van der Waals surface area contributed by atoms with Crippen LogP contribution in [-0.2, 0) is 25.8 Å². The maximum Gasteiger partial charge on any atom is 0.229 e. The fraction of sp³-hybridized carbons (Fsp3) is 0.300. The molecule has 1 fully saturated rings. The number of hydrogen-bond donors (Lipinski definition) is 1. The molecule has 2 amide bonds. The molecule has 1 aliphatic rings. The summed E-state index contributed by atoms with van der Waals surface area (Å²) in [6.07, 6.45) is 2.17. The first-order valence-corrected chi connectivity index (χ1v) is 10.7. The van der Waals surface area contributed by atoms with Gasteiger partial charge in [0.1, 0.15) is 0 Å². The summed E-state index contributed by atoms with van der Waals surface area (Å²) in [5.74, 6) is -0.865. The minimum Gasteiger partial charge on any atom is -0.326 e. The Morgan fingerprint density at radius 3 is 2.52 bits per heavy atom. The lowest BCUT2D eigenvalue weighted by molar-refractivity contribution is -0.122. The summed E-state index contributed by atoms with van der Waals surface area (Å²) in [6.45, 7) is 2.37. The van der Waals surface area contributed by atoms with E-state index >= 15 is 0 Å². The van der Waals surface area contributed by atoms with Crippen molar-refractivity contribution in [2.24, 2.45) is 5.92 Å². The number of sulfone groups is 1. The van der Waals surface area contributed by atoms with Crippen LogP contribution < -0.4 is 10.2 Å². The third kappa shape index (κ3) is 4.36. The monoisotopic (exact) mass is 386 g/mol. The molecular weight excluding hydrogens is 364 g/mol. The predicted octanol–water partition coefficient (Wildman–Crippen LogP) is 2.64. The first kappa shape index (κ1) is 19.1. The normalized spacial score (nSPS) is 17.2. The molecule has 1 saturated heterocycles. The highest BCUT2D eigenvalue weighted by atomic mass is 32.2. The van der Waals surface area contributed by atoms with Crippen molar-refractivity contribution in [3.63, 3.8) is 0 Å². The van der Waals surface area contributed by atoms with Crippen molar-refractivity contribution in [2.75, 3.05) is 23.0 Å². The van der Waals surface area contributed by atoms with Crippen LogP contribution in [0.25, 0.3) is 0 Å². The topological polar surface area (TPSA) is 83.6 Å². The van der Waals surface area contributed by atoms with Crippen molar-refractivity contribution in [1.82, 2.24) is 0 Å². The van der Waals surface area contributed by atoms with E-state index in [4.69, 9.17) is 0 Å². The summed E-state index contributed by atoms with van der Waals surface area (Å²) in [5.41, 5.74) is 2.37. The maximum absolute atomic E-state index is 12.6. The number of hydrogen-bond acceptors (Lipinski definition) is 4. The number of nitrogens with one attached hydrogen (secondary N) is 1. The highest BCUT2D eigenvalue weighted by Gasteiger charge is 2.35. The average molecular weight is 386 g/mol. The third-order valence-electron chi connectivity index (χ3n) is 4.68. The summed E-state index contributed by atoms with van der Waals surface area (Å²) >= 11 is 0. The van der Waals surface area contributed by atoms with E-state index in [1.165, 1.54) is 17.7 Å². The number of rotatable bonds is 5. The first-order valence-electron chi connectivity index (χ1n) is 8.78. The van der Waals surface area contributed by atoms with Gasteiger partial charge in [0, 0.05) is 30.6 Å². The van der Waals surface area contributed by atoms with Gasteiger partial charge < -0.3 is 10.2 Å². The van der Waals surface area contributed by atoms with Crippen LogP contribution in [0.1, 0.15) is 18.9 Å². The van der Waals surface area contributed by atoms with Crippen LogP contribution in [0.15, 0.2) is 53.4 Å². The Morgan fingerprint density at radius 1 is 1.19 bits per heavy atom. The Labute approximate surface area is 159 Å². The molecule has 7 heteroatoms. The molecule has 0 radical (unpaired) electrons. The highest BCUT2D eigenvalue weighted by molar-refractivity contribution is 7.90. The second-order valence-corrected chi connectivity index (χ2v) is 8.73. The van der Waals surface area contributed by atoms with Gasteiger partial charge in [-0.15, -0.1) is 0 Å². The van der Waals surface area contributed by atoms with E-state index < -0.39 is 15.8 Å². The fourth-order valence-electron chi connectivity index (χ4n) is 3.09. The van der Waals surface area contributed by atoms with Gasteiger partial charge >= 0.3 is 0 Å². The molecule has 1 N–H and O–H groups in total. The van der Waals surface area contributed by atoms with E-state index in [0.717, 1.165) is 18.4 Å². The number of amides is 2. The highest BCUT2D eigenvalue weighted by Crippen LogP contribution is 2.27. The first-order chi connectivity index (χ1) is 12.8. The van der Waals surface area contributed by atoms with Gasteiger partial charge in [-0.2, -0.15) is 0 Å². The molecule has 0 aliphatic carbocycles. The van der Waals surface area contributed by atoms with Crippen LogP contribution in [0.2, 0.25) is 0 Å². The smallest absolute Gasteiger partial charge is 0.229 e. The molecule has 0 saturated carbocycles. The van der Waals surface area contributed by atoms with E-state index in [0.29, 0.717) is 12.2 Å². The van der Waals surface area contributed by atoms with E-state index in [9.17, 15) is 18.0 Å². The second kappa shape index (κ2) is 7.52. The van der Waals surface area contributed by atoms with Gasteiger partial charge in [0.2, 0.25) is 11.8 Å². The summed E-state index contributed by atoms with van der Waals surface area (Å²) < 4.78 is 23.3. The summed E-state index contributed by atoms with van der Waals surface area (Å²) in [5, 5.41) is 2.72. The van der Waals surface area contributed by atoms with Crippen LogP contribution in [0.3, 0.4) is 0 Å². The molecule has 1 atom stereocenters. The van der Waals surface area contributed by atoms with Gasteiger partial charge in [-0.25, -0.2) is 8.42 Å². The number of benzene rings is 2. The lowest BCUT2D eigenvalue weighted by Crippen LogP contribution is -2.28. The molecule has 0 spiro atoms. The zero-order valence-electron chi connectivity index (χ0n) is 15.3. The standard InChI is InChI=1S/C20H22N2O4S/c1-3-14-7-9-17(10-8-14)22-13-15(11-19(22)23)20(24)21-16-5-4-6-18(12-16)27(2,25)26/h4-10,12,15H,3,11,13H2,1-2H3,(H,21,24). The number of carbonyl (C=O) groups is 2. The van der Waals surface area contributed by atoms with E-state index in [2.05, 4.69) is 12.2 Å². The molecule has 1 aliphatic heterocycles. The Hall–Kier alpha value is -2.67. The number of nitrogens with zero attached hydrogens (tertiary/aromatic N) is 1. The largest absolute Gasteiger partial charge is 0.326 e. The Balaban J connectivity index is 1.70. The molecule has 142 valence electrons. The average Bonchev–Trinajstić information content (AvgIpc) is 3.03. The maximum atomic E-state index is 12.6. The van der Waals surface area contributed by atoms with Crippen LogP contribution in [0.5, 0.6) is 0 Å². The molecule has 2 aromatic rings. The van der Waals surface area contributed by atoms with Crippen molar-refractivity contribution < 1.29 is 18.0 Å². The Kier molecular flexibility index (Phi) is 5.32. The van der Waals surface area contributed by atoms with Gasteiger partial charge in [-0.1, -0.05) is 25.1 Å². The lowest BCUT2D eigenvalue weighted by atomic mass is 10.1. The van der Waals surface area contributed by atoms with Crippen LogP contribution in [-0.4, -0.2) is 33.0 Å². The number of anilines is 2. The molecule has 0 aromatic heterocycles. The molecular formula is C20H22N2O4S. The molecule has 27 heavy (non-hydrogen) atoms. The van der Waals surface area contributed by atoms with Gasteiger partial charge in [-0.05, 0) is 42.3 Å². The fourth-order valence-corrected chi connectivity index (χ4v) is 3.76. The third-order valence-corrected chi connectivity index (χ3v) is 5.79. The molecule has 6 nitrogen and oxygen atoms in total. The summed E-state index contributed by atoms with van der Waals surface area (Å²) in [6, 6.07) is 13.9. The molecule has 2 aromatic carbocycles. The zero-order chi connectivity index (χ0) is 19.6. The molecule has 3 rings (SSSR count). The van der Waals surface area contributed by atoms with Crippen molar-refractivity contribution in [1.29, 1.82) is 0 Å². The van der Waals surface area contributed by atoms with E-state index in [1.807, 2.05) is 24.3 Å². The van der Waals surface area contributed by atoms with Gasteiger partial charge in [0.05, 0.1) is 10.8 Å². The number of aryl methyl sites for hydroxylation is 1. The lowest BCUT2D eigenvalue weighted by Gasteiger charge is -2.17. The van der Waals surface area contributed by atoms with Crippen molar-refractivity contribution in [3.05, 3.63) is 54.1 Å². The Bertz CT molecular complexity index is 968. The van der Waals surface area contributed by atoms with E-state index in [-0.39, 0.29) is 23.1 Å². The molecule has 1 unspecified atom stereocenters. The minimum atomic E-state index is -3.35. The Morgan fingerprint density at radius 2 is 1.89 bits per heavy atom. The van der Waals surface area contributed by atoms with Gasteiger partial charge in [0.25, 0.3) is 0 Å². The SMILES string of the molecule is CCc1ccc(N2CC(C(=O)Nc3cccc(S(C)(=O)=O)c3)CC2=O)cc1. The number of carbonyl (C=O) groups excluding carboxylic acids is 2. The van der Waals surface area contributed by atoms with Gasteiger partial charge in [-0.3, -0.25) is 9.59 Å². The molecule has 0 bridgehead atoms. The summed E-state index contributed by atoms with van der Waals surface area (Å²) in [4.78, 5) is 26.7. The quantitative estimate of drug-likeness (QED) is 0.856. The zero-order valence-corrected chi connectivity index (χ0v) is 16.1. The second-order valence-electron chi connectivity index (χ2n) is 6.71.